The zero-order valence-corrected chi connectivity index (χ0v) is 17.3. The fourth-order valence-electron chi connectivity index (χ4n) is 3.55. The van der Waals surface area contributed by atoms with Gasteiger partial charge in [0.1, 0.15) is 6.61 Å². The van der Waals surface area contributed by atoms with Crippen molar-refractivity contribution in [2.45, 2.75) is 32.9 Å². The average molecular weight is 403 g/mol. The quantitative estimate of drug-likeness (QED) is 0.481. The molecule has 2 heterocycles. The molecule has 0 bridgehead atoms. The normalized spacial score (nSPS) is 11.3. The number of amides is 1. The first kappa shape index (κ1) is 19.8. The van der Waals surface area contributed by atoms with Crippen LogP contribution in [-0.4, -0.2) is 32.8 Å². The lowest BCUT2D eigenvalue weighted by molar-refractivity contribution is -0.115. The minimum Gasteiger partial charge on any atom is -0.377 e. The zero-order valence-electron chi connectivity index (χ0n) is 17.3. The molecule has 7 heteroatoms. The van der Waals surface area contributed by atoms with Crippen LogP contribution in [0, 0.1) is 0 Å². The third kappa shape index (κ3) is 4.11. The molecule has 0 atom stereocenters. The van der Waals surface area contributed by atoms with Gasteiger partial charge in [0.15, 0.2) is 11.6 Å². The standard InChI is InChI=1S/C23H25N5O2/c1-15(2)28-13-17(19-6-4-5-7-20(19)28)12-22(29)24-18-10-8-16(9-11-18)23-25-21(14-30-3)26-27-23/h4-11,13,15H,12,14H2,1-3H3,(H,24,29)(H,25,26,27). The van der Waals surface area contributed by atoms with E-state index in [1.54, 1.807) is 7.11 Å². The maximum Gasteiger partial charge on any atom is 0.228 e. The fourth-order valence-corrected chi connectivity index (χ4v) is 3.55. The molecular weight excluding hydrogens is 378 g/mol. The number of anilines is 1. The molecular formula is C23H25N5O2. The number of methoxy groups -OCH3 is 1. The smallest absolute Gasteiger partial charge is 0.228 e. The van der Waals surface area contributed by atoms with Crippen molar-refractivity contribution in [3.63, 3.8) is 0 Å². The van der Waals surface area contributed by atoms with E-state index >= 15 is 0 Å². The summed E-state index contributed by atoms with van der Waals surface area (Å²) in [7, 11) is 1.61. The van der Waals surface area contributed by atoms with Crippen LogP contribution < -0.4 is 5.32 Å². The highest BCUT2D eigenvalue weighted by atomic mass is 16.5. The third-order valence-electron chi connectivity index (χ3n) is 4.97. The van der Waals surface area contributed by atoms with Crippen molar-refractivity contribution in [3.8, 4) is 11.4 Å². The first-order valence-electron chi connectivity index (χ1n) is 9.94. The number of aromatic nitrogens is 4. The highest BCUT2D eigenvalue weighted by Gasteiger charge is 2.13. The van der Waals surface area contributed by atoms with Crippen LogP contribution in [0.15, 0.2) is 54.7 Å². The highest BCUT2D eigenvalue weighted by molar-refractivity contribution is 5.96. The number of para-hydroxylation sites is 1. The van der Waals surface area contributed by atoms with Crippen LogP contribution >= 0.6 is 0 Å². The van der Waals surface area contributed by atoms with Gasteiger partial charge in [-0.3, -0.25) is 9.89 Å². The molecule has 0 aliphatic rings. The molecule has 1 amide bonds. The van der Waals surface area contributed by atoms with Crippen molar-refractivity contribution in [1.82, 2.24) is 19.7 Å². The number of nitrogens with zero attached hydrogens (tertiary/aromatic N) is 3. The van der Waals surface area contributed by atoms with Crippen LogP contribution in [0.3, 0.4) is 0 Å². The van der Waals surface area contributed by atoms with E-state index in [2.05, 4.69) is 57.2 Å². The number of nitrogens with one attached hydrogen (secondary N) is 2. The minimum atomic E-state index is -0.0466. The summed E-state index contributed by atoms with van der Waals surface area (Å²) in [4.78, 5) is 17.1. The number of hydrogen-bond acceptors (Lipinski definition) is 4. The topological polar surface area (TPSA) is 84.8 Å². The summed E-state index contributed by atoms with van der Waals surface area (Å²) >= 11 is 0. The van der Waals surface area contributed by atoms with E-state index in [1.165, 1.54) is 0 Å². The number of carbonyl (C=O) groups excluding carboxylic acids is 1. The molecule has 0 fully saturated rings. The molecule has 154 valence electrons. The summed E-state index contributed by atoms with van der Waals surface area (Å²) < 4.78 is 7.26. The Morgan fingerprint density at radius 2 is 1.93 bits per heavy atom. The first-order valence-corrected chi connectivity index (χ1v) is 9.94. The molecule has 30 heavy (non-hydrogen) atoms. The molecule has 2 N–H and O–H groups in total. The third-order valence-corrected chi connectivity index (χ3v) is 4.97. The highest BCUT2D eigenvalue weighted by Crippen LogP contribution is 2.25. The Bertz CT molecular complexity index is 1160. The van der Waals surface area contributed by atoms with Crippen LogP contribution in [0.25, 0.3) is 22.3 Å². The largest absolute Gasteiger partial charge is 0.377 e. The Kier molecular flexibility index (Phi) is 5.63. The number of hydrogen-bond donors (Lipinski definition) is 2. The Morgan fingerprint density at radius 3 is 2.67 bits per heavy atom. The number of ether oxygens (including phenoxy) is 1. The van der Waals surface area contributed by atoms with Gasteiger partial charge in [-0.05, 0) is 49.7 Å². The second kappa shape index (κ2) is 8.51. The van der Waals surface area contributed by atoms with Gasteiger partial charge in [-0.1, -0.05) is 18.2 Å². The van der Waals surface area contributed by atoms with E-state index < -0.39 is 0 Å². The van der Waals surface area contributed by atoms with Crippen molar-refractivity contribution in [3.05, 3.63) is 66.1 Å². The molecule has 0 aliphatic carbocycles. The van der Waals surface area contributed by atoms with Crippen molar-refractivity contribution >= 4 is 22.5 Å². The lowest BCUT2D eigenvalue weighted by Crippen LogP contribution is -2.14. The molecule has 0 unspecified atom stereocenters. The summed E-state index contributed by atoms with van der Waals surface area (Å²) in [5.74, 6) is 1.22. The van der Waals surface area contributed by atoms with Gasteiger partial charge in [-0.2, -0.15) is 5.10 Å². The Labute approximate surface area is 175 Å². The second-order valence-corrected chi connectivity index (χ2v) is 7.51. The van der Waals surface area contributed by atoms with Crippen LogP contribution in [0.4, 0.5) is 5.69 Å². The fraction of sp³-hybridized carbons (Fsp3) is 0.261. The molecule has 0 saturated heterocycles. The van der Waals surface area contributed by atoms with Crippen molar-refractivity contribution < 1.29 is 9.53 Å². The number of fused-ring (bicyclic) bond motifs is 1. The van der Waals surface area contributed by atoms with Crippen molar-refractivity contribution in [2.24, 2.45) is 0 Å². The molecule has 0 spiro atoms. The predicted molar refractivity (Wildman–Crippen MR) is 117 cm³/mol. The van der Waals surface area contributed by atoms with Gasteiger partial charge in [0.05, 0.1) is 6.42 Å². The SMILES string of the molecule is COCc1nc(-c2ccc(NC(=O)Cc3cn(C(C)C)c4ccccc34)cc2)n[nH]1. The van der Waals surface area contributed by atoms with Gasteiger partial charge in [0.2, 0.25) is 5.91 Å². The molecule has 0 saturated carbocycles. The van der Waals surface area contributed by atoms with Gasteiger partial charge in [0.25, 0.3) is 0 Å². The van der Waals surface area contributed by atoms with E-state index in [0.29, 0.717) is 30.7 Å². The molecule has 2 aromatic heterocycles. The van der Waals surface area contributed by atoms with E-state index in [1.807, 2.05) is 36.4 Å². The van der Waals surface area contributed by atoms with Gasteiger partial charge in [-0.25, -0.2) is 4.98 Å². The Balaban J connectivity index is 1.46. The van der Waals surface area contributed by atoms with Gasteiger partial charge in [-0.15, -0.1) is 0 Å². The summed E-state index contributed by atoms with van der Waals surface area (Å²) in [5.41, 5.74) is 3.79. The molecule has 4 rings (SSSR count). The minimum absolute atomic E-state index is 0.0466. The zero-order chi connectivity index (χ0) is 21.1. The molecule has 0 aliphatic heterocycles. The number of H-pyrrole nitrogens is 1. The summed E-state index contributed by atoms with van der Waals surface area (Å²) in [6.45, 7) is 4.67. The van der Waals surface area contributed by atoms with E-state index in [-0.39, 0.29) is 5.91 Å². The lowest BCUT2D eigenvalue weighted by atomic mass is 10.1. The predicted octanol–water partition coefficient (Wildman–Crippen LogP) is 4.33. The molecule has 7 nitrogen and oxygen atoms in total. The van der Waals surface area contributed by atoms with Crippen molar-refractivity contribution in [2.75, 3.05) is 12.4 Å². The summed E-state index contributed by atoms with van der Waals surface area (Å²) in [6.07, 6.45) is 2.40. The van der Waals surface area contributed by atoms with Crippen LogP contribution in [0.1, 0.15) is 31.3 Å². The number of benzene rings is 2. The molecule has 0 radical (unpaired) electrons. The number of aromatic amines is 1. The van der Waals surface area contributed by atoms with Crippen LogP contribution in [-0.2, 0) is 22.6 Å². The van der Waals surface area contributed by atoms with Gasteiger partial charge >= 0.3 is 0 Å². The number of carbonyl (C=O) groups is 1. The average Bonchev–Trinajstić information content (AvgIpc) is 3.34. The Hall–Kier alpha value is -3.45. The molecule has 4 aromatic rings. The van der Waals surface area contributed by atoms with Gasteiger partial charge < -0.3 is 14.6 Å². The van der Waals surface area contributed by atoms with Crippen LogP contribution in [0.2, 0.25) is 0 Å². The second-order valence-electron chi connectivity index (χ2n) is 7.51. The number of rotatable bonds is 7. The van der Waals surface area contributed by atoms with Crippen LogP contribution in [0.5, 0.6) is 0 Å². The van der Waals surface area contributed by atoms with Crippen molar-refractivity contribution in [1.29, 1.82) is 0 Å². The summed E-state index contributed by atoms with van der Waals surface area (Å²) in [5, 5.41) is 11.1. The first-order chi connectivity index (χ1) is 14.5. The van der Waals surface area contributed by atoms with E-state index in [9.17, 15) is 4.79 Å². The monoisotopic (exact) mass is 403 g/mol. The summed E-state index contributed by atoms with van der Waals surface area (Å²) in [6, 6.07) is 16.0. The maximum atomic E-state index is 12.7. The molecule has 2 aromatic carbocycles. The van der Waals surface area contributed by atoms with E-state index in [4.69, 9.17) is 4.74 Å². The lowest BCUT2D eigenvalue weighted by Gasteiger charge is -2.08. The van der Waals surface area contributed by atoms with E-state index in [0.717, 1.165) is 27.7 Å². The maximum absolute atomic E-state index is 12.7. The van der Waals surface area contributed by atoms with Gasteiger partial charge in [0, 0.05) is 41.5 Å². The Morgan fingerprint density at radius 1 is 1.17 bits per heavy atom.